The zero-order chi connectivity index (χ0) is 25.2. The highest BCUT2D eigenvalue weighted by atomic mass is 32.2. The Bertz CT molecular complexity index is 932. The van der Waals surface area contributed by atoms with Crippen LogP contribution in [0, 0.1) is 10.8 Å². The number of hydroxylamine groups is 1. The summed E-state index contributed by atoms with van der Waals surface area (Å²) in [5, 5.41) is 2.31. The van der Waals surface area contributed by atoms with E-state index in [9.17, 15) is 18.0 Å². The zero-order valence-electron chi connectivity index (χ0n) is 20.9. The zero-order valence-corrected chi connectivity index (χ0v) is 22.5. The number of H-pyrrole nitrogens is 1. The fraction of sp³-hybridized carbons (Fsp3) is 0.750. The predicted octanol–water partition coefficient (Wildman–Crippen LogP) is 3.39. The van der Waals surface area contributed by atoms with Crippen molar-refractivity contribution in [1.29, 1.82) is 0 Å². The number of hydrogen-bond acceptors (Lipinski definition) is 6. The molecule has 0 fully saturated rings. The first-order valence-electron chi connectivity index (χ1n) is 11.9. The van der Waals surface area contributed by atoms with Crippen molar-refractivity contribution in [2.75, 3.05) is 29.6 Å². The molecule has 0 saturated carbocycles. The molecule has 1 aliphatic rings. The molecule has 0 spiro atoms. The van der Waals surface area contributed by atoms with Gasteiger partial charge in [-0.25, -0.2) is 5.48 Å². The van der Waals surface area contributed by atoms with E-state index in [0.717, 1.165) is 31.3 Å². The second-order valence-electron chi connectivity index (χ2n) is 10.6. The van der Waals surface area contributed by atoms with Crippen molar-refractivity contribution in [1.82, 2.24) is 10.6 Å². The Morgan fingerprint density at radius 2 is 1.44 bits per heavy atom. The van der Waals surface area contributed by atoms with Crippen LogP contribution in [0.3, 0.4) is 0 Å². The van der Waals surface area contributed by atoms with Gasteiger partial charge in [-0.15, -0.1) is 0 Å². The summed E-state index contributed by atoms with van der Waals surface area (Å²) in [5.41, 5.74) is 3.48. The van der Waals surface area contributed by atoms with E-state index < -0.39 is 21.6 Å². The first-order chi connectivity index (χ1) is 16.0. The Morgan fingerprint density at radius 1 is 0.882 bits per heavy atom. The van der Waals surface area contributed by atoms with Crippen LogP contribution in [0.5, 0.6) is 0 Å². The van der Waals surface area contributed by atoms with Crippen molar-refractivity contribution < 1.29 is 22.6 Å². The van der Waals surface area contributed by atoms with Gasteiger partial charge in [0.1, 0.15) is 6.26 Å². The lowest BCUT2D eigenvalue weighted by Crippen LogP contribution is -2.31. The van der Waals surface area contributed by atoms with E-state index in [4.69, 9.17) is 9.36 Å². The van der Waals surface area contributed by atoms with Crippen LogP contribution in [-0.2, 0) is 37.7 Å². The number of nitrogens with one attached hydrogen (secondary N) is 2. The van der Waals surface area contributed by atoms with Crippen LogP contribution in [0.4, 0.5) is 0 Å². The van der Waals surface area contributed by atoms with Crippen LogP contribution in [-0.4, -0.2) is 49.1 Å². The lowest BCUT2D eigenvalue weighted by Gasteiger charge is -2.26. The molecule has 2 N–H and O–H groups in total. The fourth-order valence-corrected chi connectivity index (χ4v) is 6.63. The lowest BCUT2D eigenvalue weighted by atomic mass is 9.81. The maximum Gasteiger partial charge on any atom is 0.283 e. The summed E-state index contributed by atoms with van der Waals surface area (Å²) >= 11 is 0. The van der Waals surface area contributed by atoms with Crippen LogP contribution >= 0.6 is 0 Å². The molecular weight excluding hydrogens is 476 g/mol. The van der Waals surface area contributed by atoms with Gasteiger partial charge in [-0.3, -0.25) is 22.8 Å². The highest BCUT2D eigenvalue weighted by Crippen LogP contribution is 2.31. The van der Waals surface area contributed by atoms with Gasteiger partial charge in [0.2, 0.25) is 0 Å². The normalized spacial score (nSPS) is 16.7. The van der Waals surface area contributed by atoms with Crippen LogP contribution in [0.15, 0.2) is 27.2 Å². The third kappa shape index (κ3) is 10.8. The molecule has 2 unspecified atom stereocenters. The Balaban J connectivity index is 1.56. The summed E-state index contributed by atoms with van der Waals surface area (Å²) in [4.78, 5) is 28.3. The van der Waals surface area contributed by atoms with E-state index in [0.29, 0.717) is 54.4 Å². The summed E-state index contributed by atoms with van der Waals surface area (Å²) in [7, 11) is -1.83. The highest BCUT2D eigenvalue weighted by Gasteiger charge is 2.25. The van der Waals surface area contributed by atoms with Crippen LogP contribution in [0.1, 0.15) is 71.8 Å². The second kappa shape index (κ2) is 13.5. The topological polar surface area (TPSA) is 118 Å². The smallest absolute Gasteiger partial charge is 0.283 e. The molecular formula is C24H40N2O6S2. The number of hydrogen-bond donors (Lipinski definition) is 2. The molecule has 2 heterocycles. The van der Waals surface area contributed by atoms with E-state index in [2.05, 4.69) is 38.3 Å². The molecule has 0 radical (unpaired) electrons. The van der Waals surface area contributed by atoms with E-state index in [1.807, 2.05) is 6.08 Å². The summed E-state index contributed by atoms with van der Waals surface area (Å²) in [6.45, 7) is 8.84. The van der Waals surface area contributed by atoms with E-state index in [1.165, 1.54) is 6.26 Å². The number of aromatic amines is 1. The molecule has 8 nitrogen and oxygen atoms in total. The van der Waals surface area contributed by atoms with Gasteiger partial charge in [0.05, 0.1) is 12.2 Å². The average Bonchev–Trinajstić information content (AvgIpc) is 3.13. The number of carbonyl (C=O) groups is 1. The molecule has 0 aliphatic carbocycles. The quantitative estimate of drug-likeness (QED) is 0.348. The van der Waals surface area contributed by atoms with Gasteiger partial charge in [-0.2, -0.15) is 5.16 Å². The SMILES string of the molecule is CC(C)(CCCS(=O)CCCS(=O)CCCC(C)(C)Cc1co[nH]c1=O)CC1=CCONC1=O. The van der Waals surface area contributed by atoms with Crippen LogP contribution < -0.4 is 11.0 Å². The first kappa shape index (κ1) is 28.7. The summed E-state index contributed by atoms with van der Waals surface area (Å²) in [5.74, 6) is 2.23. The number of carbonyl (C=O) groups excluding carboxylic acids is 1. The minimum Gasteiger partial charge on any atom is -0.387 e. The van der Waals surface area contributed by atoms with Gasteiger partial charge in [-0.05, 0) is 61.9 Å². The van der Waals surface area contributed by atoms with Gasteiger partial charge in [0, 0.05) is 50.2 Å². The van der Waals surface area contributed by atoms with Crippen LogP contribution in [0.25, 0.3) is 0 Å². The summed E-state index contributed by atoms with van der Waals surface area (Å²) < 4.78 is 29.5. The van der Waals surface area contributed by atoms with Gasteiger partial charge in [0.25, 0.3) is 11.5 Å². The molecule has 1 aliphatic heterocycles. The fourth-order valence-electron chi connectivity index (χ4n) is 4.17. The molecule has 194 valence electrons. The van der Waals surface area contributed by atoms with Crippen LogP contribution in [0.2, 0.25) is 0 Å². The third-order valence-corrected chi connectivity index (χ3v) is 9.02. The second-order valence-corrected chi connectivity index (χ2v) is 14.0. The molecule has 1 amide bonds. The van der Waals surface area contributed by atoms with Crippen molar-refractivity contribution in [2.24, 2.45) is 10.8 Å². The number of amides is 1. The van der Waals surface area contributed by atoms with Gasteiger partial charge in [0.15, 0.2) is 0 Å². The molecule has 10 heteroatoms. The monoisotopic (exact) mass is 516 g/mol. The Kier molecular flexibility index (Phi) is 11.4. The number of rotatable bonds is 16. The minimum absolute atomic E-state index is 0.0505. The standard InChI is InChI=1S/C24H40N2O6S2/c1-23(2,16-19-8-11-31-25-21(19)27)9-5-12-33(29)14-7-15-34(30)13-6-10-24(3,4)17-20-18-32-26-22(20)28/h8,18H,5-7,9-17H2,1-4H3,(H,25,27)(H,26,28). The van der Waals surface area contributed by atoms with Gasteiger partial charge >= 0.3 is 0 Å². The molecule has 1 aromatic rings. The molecule has 0 aromatic carbocycles. The van der Waals surface area contributed by atoms with Crippen molar-refractivity contribution in [2.45, 2.75) is 72.6 Å². The lowest BCUT2D eigenvalue weighted by molar-refractivity contribution is -0.130. The van der Waals surface area contributed by atoms with Crippen molar-refractivity contribution in [3.8, 4) is 0 Å². The maximum atomic E-state index is 12.4. The molecule has 0 saturated heterocycles. The Hall–Kier alpha value is -1.52. The van der Waals surface area contributed by atoms with E-state index in [-0.39, 0.29) is 22.3 Å². The molecule has 34 heavy (non-hydrogen) atoms. The first-order valence-corrected chi connectivity index (χ1v) is 14.9. The summed E-state index contributed by atoms with van der Waals surface area (Å²) in [6.07, 6.45) is 8.70. The van der Waals surface area contributed by atoms with E-state index in [1.54, 1.807) is 0 Å². The average molecular weight is 517 g/mol. The third-order valence-electron chi connectivity index (χ3n) is 6.05. The molecule has 2 rings (SSSR count). The van der Waals surface area contributed by atoms with E-state index >= 15 is 0 Å². The largest absolute Gasteiger partial charge is 0.387 e. The highest BCUT2D eigenvalue weighted by molar-refractivity contribution is 7.85. The molecule has 2 atom stereocenters. The minimum atomic E-state index is -0.917. The van der Waals surface area contributed by atoms with Crippen molar-refractivity contribution >= 4 is 27.5 Å². The van der Waals surface area contributed by atoms with Crippen molar-refractivity contribution in [3.05, 3.63) is 33.8 Å². The van der Waals surface area contributed by atoms with Gasteiger partial charge < -0.3 is 4.52 Å². The van der Waals surface area contributed by atoms with Crippen molar-refractivity contribution in [3.63, 3.8) is 0 Å². The molecule has 1 aromatic heterocycles. The predicted molar refractivity (Wildman–Crippen MR) is 136 cm³/mol. The number of aromatic nitrogens is 1. The Morgan fingerprint density at radius 3 is 1.97 bits per heavy atom. The molecule has 0 bridgehead atoms. The summed E-state index contributed by atoms with van der Waals surface area (Å²) in [6, 6.07) is 0. The Labute approximate surface area is 207 Å². The van der Waals surface area contributed by atoms with Gasteiger partial charge in [-0.1, -0.05) is 27.7 Å². The maximum absolute atomic E-state index is 12.4.